The number of carbonyl (C=O) groups is 2. The van der Waals surface area contributed by atoms with Crippen molar-refractivity contribution in [2.24, 2.45) is 0 Å². The second-order valence-electron chi connectivity index (χ2n) is 6.84. The molecule has 0 unspecified atom stereocenters. The molecule has 4 nitrogen and oxygen atoms in total. The van der Waals surface area contributed by atoms with Crippen LogP contribution in [0.5, 0.6) is 11.5 Å². The Balaban J connectivity index is 0.000000221. The number of halogens is 2. The van der Waals surface area contributed by atoms with Gasteiger partial charge in [-0.05, 0) is 82.9 Å². The largest absolute Gasteiger partial charge is 0.508 e. The topological polar surface area (TPSA) is 74.6 Å². The van der Waals surface area contributed by atoms with Gasteiger partial charge in [-0.3, -0.25) is 9.59 Å². The fourth-order valence-electron chi connectivity index (χ4n) is 2.66. The van der Waals surface area contributed by atoms with Crippen LogP contribution in [0.25, 0.3) is 0 Å². The molecule has 3 aromatic carbocycles. The molecule has 6 heteroatoms. The molecule has 0 amide bonds. The number of hydrogen-bond donors (Lipinski definition) is 2. The molecule has 3 aromatic rings. The summed E-state index contributed by atoms with van der Waals surface area (Å²) in [6.07, 6.45) is 0. The first-order valence-corrected chi connectivity index (χ1v) is 9.45. The van der Waals surface area contributed by atoms with Gasteiger partial charge >= 0.3 is 0 Å². The van der Waals surface area contributed by atoms with Gasteiger partial charge < -0.3 is 10.2 Å². The summed E-state index contributed by atoms with van der Waals surface area (Å²) in [6.45, 7) is 4.23. The molecule has 0 atom stereocenters. The summed E-state index contributed by atoms with van der Waals surface area (Å²) in [5.41, 5.74) is 2.79. The van der Waals surface area contributed by atoms with E-state index in [-0.39, 0.29) is 16.9 Å². The van der Waals surface area contributed by atoms with Crippen molar-refractivity contribution in [2.75, 3.05) is 0 Å². The van der Waals surface area contributed by atoms with Crippen LogP contribution in [-0.4, -0.2) is 20.7 Å². The zero-order chi connectivity index (χ0) is 21.6. The lowest BCUT2D eigenvalue weighted by molar-refractivity contribution is 0.107. The van der Waals surface area contributed by atoms with Crippen LogP contribution in [0.2, 0.25) is 0 Å². The van der Waals surface area contributed by atoms with Gasteiger partial charge in [-0.25, -0.2) is 0 Å². The Bertz CT molecular complexity index is 896. The molecule has 0 spiro atoms. The average Bonchev–Trinajstić information content (AvgIpc) is 2.69. The highest BCUT2D eigenvalue weighted by atomic mass is 35.5. The molecule has 0 radical (unpaired) electrons. The van der Waals surface area contributed by atoms with Crippen LogP contribution in [0.15, 0.2) is 72.8 Å². The van der Waals surface area contributed by atoms with Gasteiger partial charge in [0.25, 0.3) is 10.5 Å². The average molecular weight is 431 g/mol. The first-order valence-electron chi connectivity index (χ1n) is 8.70. The van der Waals surface area contributed by atoms with Gasteiger partial charge in [0, 0.05) is 16.5 Å². The fourth-order valence-corrected chi connectivity index (χ4v) is 2.91. The standard InChI is InChI=1S/C15H16O2.C8H4Cl2O2/c1-15(2,11-3-7-13(16)8-4-11)12-5-9-14(17)10-6-12;9-7(11)5-1-2-6(4-3-5)8(10)12/h3-10,16-17H,1-2H3;1-4H. The van der Waals surface area contributed by atoms with Crippen LogP contribution in [0, 0.1) is 0 Å². The van der Waals surface area contributed by atoms with Gasteiger partial charge in [-0.15, -0.1) is 0 Å². The van der Waals surface area contributed by atoms with E-state index in [4.69, 9.17) is 23.2 Å². The summed E-state index contributed by atoms with van der Waals surface area (Å²) in [4.78, 5) is 21.1. The lowest BCUT2D eigenvalue weighted by atomic mass is 9.78. The molecule has 2 N–H and O–H groups in total. The minimum absolute atomic E-state index is 0.151. The Morgan fingerprint density at radius 2 is 0.897 bits per heavy atom. The van der Waals surface area contributed by atoms with Gasteiger partial charge in [-0.1, -0.05) is 38.1 Å². The number of aromatic hydroxyl groups is 2. The third-order valence-corrected chi connectivity index (χ3v) is 4.95. The highest BCUT2D eigenvalue weighted by Gasteiger charge is 2.22. The lowest BCUT2D eigenvalue weighted by Crippen LogP contribution is -2.18. The van der Waals surface area contributed by atoms with Crippen molar-refractivity contribution in [3.63, 3.8) is 0 Å². The minimum Gasteiger partial charge on any atom is -0.508 e. The fraction of sp³-hybridized carbons (Fsp3) is 0.130. The second kappa shape index (κ2) is 9.59. The maximum absolute atomic E-state index is 10.6. The number of phenolic OH excluding ortho intramolecular Hbond substituents is 2. The normalized spacial score (nSPS) is 10.6. The van der Waals surface area contributed by atoms with E-state index in [0.717, 1.165) is 11.1 Å². The molecule has 0 fully saturated rings. The van der Waals surface area contributed by atoms with E-state index in [2.05, 4.69) is 13.8 Å². The van der Waals surface area contributed by atoms with E-state index < -0.39 is 10.5 Å². The summed E-state index contributed by atoms with van der Waals surface area (Å²) < 4.78 is 0. The van der Waals surface area contributed by atoms with Crippen molar-refractivity contribution in [3.05, 3.63) is 95.1 Å². The molecule has 0 aliphatic rings. The summed E-state index contributed by atoms with van der Waals surface area (Å²) in [6, 6.07) is 20.2. The molecule has 0 saturated heterocycles. The molecule has 0 aliphatic carbocycles. The molecule has 0 aliphatic heterocycles. The number of rotatable bonds is 4. The molecule has 0 heterocycles. The number of hydrogen-bond acceptors (Lipinski definition) is 4. The Labute approximate surface area is 179 Å². The number of carbonyl (C=O) groups excluding carboxylic acids is 2. The number of benzene rings is 3. The van der Waals surface area contributed by atoms with Crippen molar-refractivity contribution in [1.82, 2.24) is 0 Å². The molecule has 3 rings (SSSR count). The van der Waals surface area contributed by atoms with E-state index >= 15 is 0 Å². The molecule has 29 heavy (non-hydrogen) atoms. The molecule has 0 aromatic heterocycles. The van der Waals surface area contributed by atoms with Gasteiger partial charge in [0.15, 0.2) is 0 Å². The van der Waals surface area contributed by atoms with Crippen molar-refractivity contribution in [3.8, 4) is 11.5 Å². The maximum atomic E-state index is 10.6. The van der Waals surface area contributed by atoms with Gasteiger partial charge in [0.1, 0.15) is 11.5 Å². The molecule has 0 bridgehead atoms. The number of phenols is 2. The highest BCUT2D eigenvalue weighted by Crippen LogP contribution is 2.32. The maximum Gasteiger partial charge on any atom is 0.252 e. The molecular weight excluding hydrogens is 411 g/mol. The van der Waals surface area contributed by atoms with Crippen molar-refractivity contribution >= 4 is 33.7 Å². The van der Waals surface area contributed by atoms with Gasteiger partial charge in [0.05, 0.1) is 0 Å². The predicted octanol–water partition coefficient (Wildman–Crippen LogP) is 5.87. The van der Waals surface area contributed by atoms with Crippen molar-refractivity contribution in [2.45, 2.75) is 19.3 Å². The van der Waals surface area contributed by atoms with E-state index in [1.165, 1.54) is 24.3 Å². The summed E-state index contributed by atoms with van der Waals surface area (Å²) in [5.74, 6) is 0.547. The third-order valence-electron chi connectivity index (χ3n) is 4.52. The predicted molar refractivity (Wildman–Crippen MR) is 115 cm³/mol. The van der Waals surface area contributed by atoms with E-state index in [1.54, 1.807) is 24.3 Å². The molecule has 0 saturated carbocycles. The van der Waals surface area contributed by atoms with Crippen LogP contribution in [0.4, 0.5) is 0 Å². The Morgan fingerprint density at radius 3 is 1.14 bits per heavy atom. The van der Waals surface area contributed by atoms with Gasteiger partial charge in [0.2, 0.25) is 0 Å². The van der Waals surface area contributed by atoms with E-state index in [1.807, 2.05) is 24.3 Å². The van der Waals surface area contributed by atoms with Crippen LogP contribution in [0.3, 0.4) is 0 Å². The Morgan fingerprint density at radius 1 is 0.621 bits per heavy atom. The third kappa shape index (κ3) is 6.08. The minimum atomic E-state index is -0.552. The van der Waals surface area contributed by atoms with Crippen LogP contribution < -0.4 is 0 Å². The van der Waals surface area contributed by atoms with Crippen molar-refractivity contribution in [1.29, 1.82) is 0 Å². The summed E-state index contributed by atoms with van der Waals surface area (Å²) in [5, 5.41) is 17.5. The van der Waals surface area contributed by atoms with Crippen LogP contribution in [-0.2, 0) is 5.41 Å². The summed E-state index contributed by atoms with van der Waals surface area (Å²) in [7, 11) is 0. The van der Waals surface area contributed by atoms with Crippen LogP contribution in [0.1, 0.15) is 45.7 Å². The lowest BCUT2D eigenvalue weighted by Gasteiger charge is -2.26. The van der Waals surface area contributed by atoms with Crippen molar-refractivity contribution < 1.29 is 19.8 Å². The zero-order valence-electron chi connectivity index (χ0n) is 15.9. The first-order chi connectivity index (χ1) is 13.6. The smallest absolute Gasteiger partial charge is 0.252 e. The summed E-state index contributed by atoms with van der Waals surface area (Å²) >= 11 is 10.4. The van der Waals surface area contributed by atoms with Gasteiger partial charge in [-0.2, -0.15) is 0 Å². The SMILES string of the molecule is CC(C)(c1ccc(O)cc1)c1ccc(O)cc1.O=C(Cl)c1ccc(C(=O)Cl)cc1. The zero-order valence-corrected chi connectivity index (χ0v) is 17.4. The van der Waals surface area contributed by atoms with E-state index in [9.17, 15) is 19.8 Å². The monoisotopic (exact) mass is 430 g/mol. The highest BCUT2D eigenvalue weighted by molar-refractivity contribution is 6.68. The Hall–Kier alpha value is -2.82. The van der Waals surface area contributed by atoms with E-state index in [0.29, 0.717) is 11.1 Å². The first kappa shape index (κ1) is 22.5. The molecule has 150 valence electrons. The molecular formula is C23H20Cl2O4. The Kier molecular flexibility index (Phi) is 7.43. The quantitative estimate of drug-likeness (QED) is 0.507. The van der Waals surface area contributed by atoms with Crippen LogP contribution >= 0.6 is 23.2 Å². The second-order valence-corrected chi connectivity index (χ2v) is 7.53.